The van der Waals surface area contributed by atoms with Crippen molar-refractivity contribution in [1.82, 2.24) is 0 Å². The molecule has 0 unspecified atom stereocenters. The number of carbonyl (C=O) groups excluding carboxylic acids is 4. The first kappa shape index (κ1) is 26.7. The molecule has 0 aliphatic carbocycles. The maximum absolute atomic E-state index is 13.3. The highest BCUT2D eigenvalue weighted by molar-refractivity contribution is 6.05. The zero-order chi connectivity index (χ0) is 27.4. The fourth-order valence-electron chi connectivity index (χ4n) is 4.45. The molecule has 198 valence electrons. The third-order valence-corrected chi connectivity index (χ3v) is 6.49. The molecule has 4 rings (SSSR count). The number of anilines is 3. The lowest BCUT2D eigenvalue weighted by Crippen LogP contribution is -2.55. The molecule has 0 saturated carbocycles. The van der Waals surface area contributed by atoms with Crippen molar-refractivity contribution < 1.29 is 33.8 Å². The van der Waals surface area contributed by atoms with Crippen LogP contribution in [0.2, 0.25) is 0 Å². The summed E-state index contributed by atoms with van der Waals surface area (Å²) in [6.07, 6.45) is -2.56. The Balaban J connectivity index is 1.52. The number of hydrogen-bond acceptors (Lipinski definition) is 9. The average Bonchev–Trinajstić information content (AvgIpc) is 2.93. The molecule has 4 N–H and O–H groups in total. The number of amides is 3. The number of esters is 1. The third-order valence-electron chi connectivity index (χ3n) is 6.49. The van der Waals surface area contributed by atoms with E-state index in [0.717, 1.165) is 5.56 Å². The van der Waals surface area contributed by atoms with Crippen molar-refractivity contribution in [3.05, 3.63) is 53.1 Å². The predicted molar refractivity (Wildman–Crippen MR) is 135 cm³/mol. The average molecular weight is 522 g/mol. The Morgan fingerprint density at radius 2 is 2.05 bits per heavy atom. The van der Waals surface area contributed by atoms with Crippen LogP contribution in [0.25, 0.3) is 0 Å². The molecule has 0 bridgehead atoms. The van der Waals surface area contributed by atoms with Crippen molar-refractivity contribution in [2.45, 2.75) is 31.6 Å². The number of benzene rings is 2. The van der Waals surface area contributed by atoms with Crippen molar-refractivity contribution >= 4 is 40.8 Å². The number of nitrogens with two attached hydrogens (primary N) is 1. The third kappa shape index (κ3) is 5.35. The number of aliphatic hydroxyl groups is 1. The molecule has 0 spiro atoms. The van der Waals surface area contributed by atoms with Crippen LogP contribution in [-0.4, -0.2) is 67.8 Å². The summed E-state index contributed by atoms with van der Waals surface area (Å²) in [6.45, 7) is 0.0308. The normalized spacial score (nSPS) is 17.9. The van der Waals surface area contributed by atoms with Crippen molar-refractivity contribution in [1.29, 1.82) is 5.26 Å². The maximum atomic E-state index is 13.3. The van der Waals surface area contributed by atoms with Crippen LogP contribution in [0.15, 0.2) is 36.4 Å². The second-order valence-corrected chi connectivity index (χ2v) is 8.77. The summed E-state index contributed by atoms with van der Waals surface area (Å²) in [5.41, 5.74) is 8.60. The number of nitriles is 1. The predicted octanol–water partition coefficient (Wildman–Crippen LogP) is 0.201. The van der Waals surface area contributed by atoms with Crippen LogP contribution >= 0.6 is 0 Å². The molecule has 12 heteroatoms. The molecular weight excluding hydrogens is 494 g/mol. The minimum Gasteiger partial charge on any atom is -0.468 e. The second-order valence-electron chi connectivity index (χ2n) is 8.77. The molecule has 1 saturated heterocycles. The molecule has 2 aromatic carbocycles. The summed E-state index contributed by atoms with van der Waals surface area (Å²) in [4.78, 5) is 53.1. The SMILES string of the molecule is COC(=O)CN1C(=O)CCc2ccc(N3CCO[C@H]([C@@H](O)C(=O)Nc4ccc(C#N)c(CN)c4)C3=O)cc21. The number of ether oxygens (including phenoxy) is 2. The molecule has 0 radical (unpaired) electrons. The number of nitrogens with one attached hydrogen (secondary N) is 1. The van der Waals surface area contributed by atoms with Gasteiger partial charge in [-0.05, 0) is 47.9 Å². The number of morpholine rings is 1. The van der Waals surface area contributed by atoms with Crippen LogP contribution in [0.4, 0.5) is 17.1 Å². The van der Waals surface area contributed by atoms with Gasteiger partial charge in [-0.25, -0.2) is 0 Å². The van der Waals surface area contributed by atoms with Gasteiger partial charge >= 0.3 is 5.97 Å². The number of methoxy groups -OCH3 is 1. The van der Waals surface area contributed by atoms with Gasteiger partial charge in [0.1, 0.15) is 6.54 Å². The van der Waals surface area contributed by atoms with Gasteiger partial charge in [0.25, 0.3) is 11.8 Å². The van der Waals surface area contributed by atoms with Gasteiger partial charge in [-0.1, -0.05) is 6.07 Å². The van der Waals surface area contributed by atoms with Crippen LogP contribution in [0.3, 0.4) is 0 Å². The van der Waals surface area contributed by atoms with Gasteiger partial charge in [0.15, 0.2) is 12.2 Å². The van der Waals surface area contributed by atoms with Gasteiger partial charge in [-0.2, -0.15) is 5.26 Å². The van der Waals surface area contributed by atoms with Crippen molar-refractivity contribution in [3.63, 3.8) is 0 Å². The van der Waals surface area contributed by atoms with Crippen LogP contribution < -0.4 is 20.9 Å². The fourth-order valence-corrected chi connectivity index (χ4v) is 4.45. The van der Waals surface area contributed by atoms with E-state index >= 15 is 0 Å². The highest BCUT2D eigenvalue weighted by atomic mass is 16.5. The first-order chi connectivity index (χ1) is 18.3. The van der Waals surface area contributed by atoms with E-state index in [0.29, 0.717) is 34.6 Å². The van der Waals surface area contributed by atoms with Crippen LogP contribution in [-0.2, 0) is 41.6 Å². The highest BCUT2D eigenvalue weighted by Crippen LogP contribution is 2.33. The van der Waals surface area contributed by atoms with Crippen molar-refractivity contribution in [2.24, 2.45) is 5.73 Å². The van der Waals surface area contributed by atoms with Gasteiger partial charge < -0.3 is 35.4 Å². The van der Waals surface area contributed by atoms with Gasteiger partial charge in [0, 0.05) is 36.6 Å². The van der Waals surface area contributed by atoms with E-state index in [4.69, 9.17) is 20.5 Å². The molecule has 38 heavy (non-hydrogen) atoms. The molecular formula is C26H27N5O7. The first-order valence-corrected chi connectivity index (χ1v) is 11.9. The standard InChI is InChI=1S/C26H27N5O7/c1-37-22(33)14-31-20-11-19(6-3-15(20)4-7-21(31)32)30-8-9-38-24(26(30)36)23(34)25(35)29-18-5-2-16(12-27)17(10-18)13-28/h2-3,5-6,10-11,23-24,34H,4,7-9,13-14,28H2,1H3,(H,29,35)/t23-,24-/m1/s1. The summed E-state index contributed by atoms with van der Waals surface area (Å²) in [5, 5.41) is 22.4. The van der Waals surface area contributed by atoms with E-state index in [1.54, 1.807) is 18.2 Å². The van der Waals surface area contributed by atoms with Crippen LogP contribution in [0.1, 0.15) is 23.1 Å². The number of hydrogen-bond donors (Lipinski definition) is 3. The van der Waals surface area contributed by atoms with Gasteiger partial charge in [-0.3, -0.25) is 19.2 Å². The molecule has 0 aromatic heterocycles. The number of aliphatic hydroxyl groups excluding tert-OH is 1. The second kappa shape index (κ2) is 11.4. The number of fused-ring (bicyclic) bond motifs is 1. The molecule has 2 aliphatic rings. The van der Waals surface area contributed by atoms with Gasteiger partial charge in [-0.15, -0.1) is 0 Å². The summed E-state index contributed by atoms with van der Waals surface area (Å²) in [6, 6.07) is 11.6. The number of carbonyl (C=O) groups is 4. The first-order valence-electron chi connectivity index (χ1n) is 11.9. The number of aryl methyl sites for hydroxylation is 1. The lowest BCUT2D eigenvalue weighted by molar-refractivity contribution is -0.150. The largest absolute Gasteiger partial charge is 0.468 e. The van der Waals surface area contributed by atoms with Crippen LogP contribution in [0, 0.1) is 11.3 Å². The molecule has 2 aromatic rings. The summed E-state index contributed by atoms with van der Waals surface area (Å²) in [7, 11) is 1.24. The quantitative estimate of drug-likeness (QED) is 0.430. The summed E-state index contributed by atoms with van der Waals surface area (Å²) >= 11 is 0. The molecule has 3 amide bonds. The smallest absolute Gasteiger partial charge is 0.325 e. The zero-order valence-electron chi connectivity index (χ0n) is 20.7. The minimum atomic E-state index is -1.82. The maximum Gasteiger partial charge on any atom is 0.325 e. The molecule has 1 fully saturated rings. The molecule has 2 heterocycles. The van der Waals surface area contributed by atoms with E-state index < -0.39 is 30.0 Å². The minimum absolute atomic E-state index is 0.0524. The Labute approximate surface area is 218 Å². The Bertz CT molecular complexity index is 1320. The summed E-state index contributed by atoms with van der Waals surface area (Å²) < 4.78 is 10.2. The highest BCUT2D eigenvalue weighted by Gasteiger charge is 2.40. The molecule has 2 aliphatic heterocycles. The van der Waals surface area contributed by atoms with E-state index in [-0.39, 0.29) is 38.6 Å². The Hall–Kier alpha value is -4.31. The Morgan fingerprint density at radius 1 is 1.26 bits per heavy atom. The van der Waals surface area contributed by atoms with Crippen molar-refractivity contribution in [3.8, 4) is 6.07 Å². The lowest BCUT2D eigenvalue weighted by atomic mass is 9.99. The topological polar surface area (TPSA) is 175 Å². The Morgan fingerprint density at radius 3 is 2.76 bits per heavy atom. The van der Waals surface area contributed by atoms with Gasteiger partial charge in [0.2, 0.25) is 5.91 Å². The molecule has 2 atom stereocenters. The Kier molecular flexibility index (Phi) is 8.02. The van der Waals surface area contributed by atoms with E-state index in [1.165, 1.54) is 35.1 Å². The van der Waals surface area contributed by atoms with E-state index in [1.807, 2.05) is 6.07 Å². The van der Waals surface area contributed by atoms with E-state index in [2.05, 4.69) is 5.32 Å². The van der Waals surface area contributed by atoms with Gasteiger partial charge in [0.05, 0.1) is 25.3 Å². The lowest BCUT2D eigenvalue weighted by Gasteiger charge is -2.35. The monoisotopic (exact) mass is 521 g/mol. The summed E-state index contributed by atoms with van der Waals surface area (Å²) in [5.74, 6) is -2.31. The molecule has 12 nitrogen and oxygen atoms in total. The zero-order valence-corrected chi connectivity index (χ0v) is 20.7. The number of rotatable bonds is 7. The fraction of sp³-hybridized carbons (Fsp3) is 0.346. The van der Waals surface area contributed by atoms with Crippen LogP contribution in [0.5, 0.6) is 0 Å². The number of nitrogens with zero attached hydrogens (tertiary/aromatic N) is 3. The van der Waals surface area contributed by atoms with E-state index in [9.17, 15) is 24.3 Å². The van der Waals surface area contributed by atoms with Crippen molar-refractivity contribution in [2.75, 3.05) is 41.9 Å².